The van der Waals surface area contributed by atoms with E-state index in [1.165, 1.54) is 0 Å². The highest BCUT2D eigenvalue weighted by Crippen LogP contribution is 2.26. The van der Waals surface area contributed by atoms with Gasteiger partial charge in [0, 0.05) is 13.5 Å². The number of aliphatic hydroxyl groups is 1. The molecule has 1 aromatic carbocycles. The van der Waals surface area contributed by atoms with Crippen LogP contribution in [-0.2, 0) is 13.5 Å². The largest absolute Gasteiger partial charge is 0.494 e. The highest BCUT2D eigenvalue weighted by atomic mass is 35.5. The van der Waals surface area contributed by atoms with Crippen molar-refractivity contribution in [2.45, 2.75) is 32.8 Å². The molecule has 4 nitrogen and oxygen atoms in total. The van der Waals surface area contributed by atoms with Gasteiger partial charge in [-0.1, -0.05) is 30.7 Å². The molecule has 1 atom stereocenters. The predicted octanol–water partition coefficient (Wildman–Crippen LogP) is 3.45. The molecule has 0 aliphatic heterocycles. The van der Waals surface area contributed by atoms with Gasteiger partial charge in [0.1, 0.15) is 5.75 Å². The van der Waals surface area contributed by atoms with E-state index in [4.69, 9.17) is 16.3 Å². The number of aryl methyl sites for hydroxylation is 2. The lowest BCUT2D eigenvalue weighted by molar-refractivity contribution is 0.175. The zero-order chi connectivity index (χ0) is 15.4. The fourth-order valence-electron chi connectivity index (χ4n) is 2.21. The summed E-state index contributed by atoms with van der Waals surface area (Å²) in [5, 5.41) is 15.2. The molecule has 0 saturated heterocycles. The summed E-state index contributed by atoms with van der Waals surface area (Å²) in [6.45, 7) is 4.63. The summed E-state index contributed by atoms with van der Waals surface area (Å²) in [4.78, 5) is 0. The Hall–Kier alpha value is -1.52. The zero-order valence-corrected chi connectivity index (χ0v) is 13.4. The molecule has 1 aromatic heterocycles. The monoisotopic (exact) mass is 308 g/mol. The standard InChI is InChI=1S/C16H21ClN2O2/c1-4-9-21-13-7-5-12(6-8-13)15(20)10-14-16(17)11(2)18-19(14)3/h5-8,15,20H,4,9-10H2,1-3H3. The quantitative estimate of drug-likeness (QED) is 0.889. The fraction of sp³-hybridized carbons (Fsp3) is 0.438. The molecule has 0 saturated carbocycles. The van der Waals surface area contributed by atoms with Crippen molar-refractivity contribution in [3.63, 3.8) is 0 Å². The van der Waals surface area contributed by atoms with Crippen molar-refractivity contribution in [1.29, 1.82) is 0 Å². The van der Waals surface area contributed by atoms with Crippen LogP contribution in [0.2, 0.25) is 5.02 Å². The maximum Gasteiger partial charge on any atom is 0.119 e. The van der Waals surface area contributed by atoms with E-state index < -0.39 is 6.10 Å². The number of benzene rings is 1. The molecule has 21 heavy (non-hydrogen) atoms. The Morgan fingerprint density at radius 1 is 1.33 bits per heavy atom. The SMILES string of the molecule is CCCOc1ccc(C(O)Cc2c(Cl)c(C)nn2C)cc1. The number of halogens is 1. The molecule has 114 valence electrons. The molecule has 2 aromatic rings. The van der Waals surface area contributed by atoms with Gasteiger partial charge in [-0.3, -0.25) is 4.68 Å². The van der Waals surface area contributed by atoms with Crippen molar-refractivity contribution in [3.05, 3.63) is 46.2 Å². The van der Waals surface area contributed by atoms with Gasteiger partial charge in [0.05, 0.1) is 29.1 Å². The van der Waals surface area contributed by atoms with Gasteiger partial charge in [0.25, 0.3) is 0 Å². The number of hydrogen-bond donors (Lipinski definition) is 1. The first-order valence-electron chi connectivity index (χ1n) is 7.11. The van der Waals surface area contributed by atoms with Gasteiger partial charge in [0.15, 0.2) is 0 Å². The molecular formula is C16H21ClN2O2. The second kappa shape index (κ2) is 6.96. The topological polar surface area (TPSA) is 47.3 Å². The van der Waals surface area contributed by atoms with Crippen molar-refractivity contribution >= 4 is 11.6 Å². The average molecular weight is 309 g/mol. The first-order valence-corrected chi connectivity index (χ1v) is 7.49. The Morgan fingerprint density at radius 3 is 2.52 bits per heavy atom. The third-order valence-electron chi connectivity index (χ3n) is 3.39. The van der Waals surface area contributed by atoms with E-state index >= 15 is 0 Å². The van der Waals surface area contributed by atoms with E-state index in [2.05, 4.69) is 12.0 Å². The van der Waals surface area contributed by atoms with Gasteiger partial charge < -0.3 is 9.84 Å². The van der Waals surface area contributed by atoms with Crippen molar-refractivity contribution < 1.29 is 9.84 Å². The molecule has 0 amide bonds. The van der Waals surface area contributed by atoms with Crippen LogP contribution in [0.15, 0.2) is 24.3 Å². The number of aliphatic hydroxyl groups excluding tert-OH is 1. The van der Waals surface area contributed by atoms with Gasteiger partial charge >= 0.3 is 0 Å². The molecule has 0 spiro atoms. The smallest absolute Gasteiger partial charge is 0.119 e. The predicted molar refractivity (Wildman–Crippen MR) is 83.8 cm³/mol. The Balaban J connectivity index is 2.07. The summed E-state index contributed by atoms with van der Waals surface area (Å²) in [6, 6.07) is 7.52. The Kier molecular flexibility index (Phi) is 5.26. The van der Waals surface area contributed by atoms with Crippen LogP contribution in [0.4, 0.5) is 0 Å². The number of rotatable bonds is 6. The summed E-state index contributed by atoms with van der Waals surface area (Å²) < 4.78 is 7.25. The molecule has 5 heteroatoms. The summed E-state index contributed by atoms with van der Waals surface area (Å²) in [6.07, 6.45) is 0.797. The third-order valence-corrected chi connectivity index (χ3v) is 3.88. The second-order valence-corrected chi connectivity index (χ2v) is 5.49. The Labute approximate surface area is 130 Å². The minimum Gasteiger partial charge on any atom is -0.494 e. The number of nitrogens with zero attached hydrogens (tertiary/aromatic N) is 2. The van der Waals surface area contributed by atoms with Crippen LogP contribution in [0.5, 0.6) is 5.75 Å². The van der Waals surface area contributed by atoms with Crippen LogP contribution in [0.1, 0.15) is 36.4 Å². The van der Waals surface area contributed by atoms with Gasteiger partial charge in [-0.05, 0) is 31.0 Å². The first kappa shape index (κ1) is 15.9. The average Bonchev–Trinajstić information content (AvgIpc) is 2.72. The van der Waals surface area contributed by atoms with Gasteiger partial charge in [-0.25, -0.2) is 0 Å². The minimum atomic E-state index is -0.613. The van der Waals surface area contributed by atoms with Crippen molar-refractivity contribution in [2.24, 2.45) is 7.05 Å². The van der Waals surface area contributed by atoms with Gasteiger partial charge in [-0.15, -0.1) is 0 Å². The van der Waals surface area contributed by atoms with Crippen LogP contribution < -0.4 is 4.74 Å². The normalized spacial score (nSPS) is 12.4. The van der Waals surface area contributed by atoms with Gasteiger partial charge in [-0.2, -0.15) is 5.10 Å². The van der Waals surface area contributed by atoms with Crippen molar-refractivity contribution in [1.82, 2.24) is 9.78 Å². The summed E-state index contributed by atoms with van der Waals surface area (Å²) >= 11 is 6.21. The highest BCUT2D eigenvalue weighted by molar-refractivity contribution is 6.31. The van der Waals surface area contributed by atoms with E-state index in [1.807, 2.05) is 38.2 Å². The minimum absolute atomic E-state index is 0.436. The number of ether oxygens (including phenoxy) is 1. The lowest BCUT2D eigenvalue weighted by atomic mass is 10.0. The van der Waals surface area contributed by atoms with Crippen LogP contribution in [0, 0.1) is 6.92 Å². The molecule has 0 aliphatic carbocycles. The Bertz CT molecular complexity index is 593. The van der Waals surface area contributed by atoms with Crippen LogP contribution in [0.3, 0.4) is 0 Å². The lowest BCUT2D eigenvalue weighted by Crippen LogP contribution is -2.07. The molecule has 1 heterocycles. The highest BCUT2D eigenvalue weighted by Gasteiger charge is 2.16. The molecule has 1 N–H and O–H groups in total. The van der Waals surface area contributed by atoms with Crippen molar-refractivity contribution in [3.8, 4) is 5.75 Å². The number of hydrogen-bond acceptors (Lipinski definition) is 3. The summed E-state index contributed by atoms with van der Waals surface area (Å²) in [5.74, 6) is 0.821. The maximum absolute atomic E-state index is 10.4. The van der Waals surface area contributed by atoms with E-state index in [0.717, 1.165) is 29.1 Å². The van der Waals surface area contributed by atoms with E-state index in [0.29, 0.717) is 18.1 Å². The molecule has 0 radical (unpaired) electrons. The van der Waals surface area contributed by atoms with E-state index in [1.54, 1.807) is 4.68 Å². The summed E-state index contributed by atoms with van der Waals surface area (Å²) in [5.41, 5.74) is 2.46. The lowest BCUT2D eigenvalue weighted by Gasteiger charge is -2.12. The van der Waals surface area contributed by atoms with Gasteiger partial charge in [0.2, 0.25) is 0 Å². The molecule has 2 rings (SSSR count). The Morgan fingerprint density at radius 2 is 2.00 bits per heavy atom. The van der Waals surface area contributed by atoms with E-state index in [-0.39, 0.29) is 0 Å². The first-order chi connectivity index (χ1) is 10.0. The number of aromatic nitrogens is 2. The van der Waals surface area contributed by atoms with E-state index in [9.17, 15) is 5.11 Å². The molecular weight excluding hydrogens is 288 g/mol. The summed E-state index contributed by atoms with van der Waals surface area (Å²) in [7, 11) is 1.84. The third kappa shape index (κ3) is 3.77. The van der Waals surface area contributed by atoms with Crippen LogP contribution >= 0.6 is 11.6 Å². The van der Waals surface area contributed by atoms with Crippen LogP contribution in [-0.4, -0.2) is 21.5 Å². The van der Waals surface area contributed by atoms with Crippen LogP contribution in [0.25, 0.3) is 0 Å². The molecule has 0 fully saturated rings. The second-order valence-electron chi connectivity index (χ2n) is 5.11. The fourth-order valence-corrected chi connectivity index (χ4v) is 2.45. The zero-order valence-electron chi connectivity index (χ0n) is 12.6. The molecule has 0 aliphatic rings. The molecule has 1 unspecified atom stereocenters. The maximum atomic E-state index is 10.4. The molecule has 0 bridgehead atoms. The van der Waals surface area contributed by atoms with Crippen molar-refractivity contribution in [2.75, 3.05) is 6.61 Å².